The van der Waals surface area contributed by atoms with Gasteiger partial charge in [-0.2, -0.15) is 5.10 Å². The van der Waals surface area contributed by atoms with Crippen LogP contribution in [0.1, 0.15) is 0 Å². The number of morpholine rings is 1. The van der Waals surface area contributed by atoms with Gasteiger partial charge in [0.25, 0.3) is 0 Å². The van der Waals surface area contributed by atoms with E-state index in [1.807, 2.05) is 35.0 Å². The number of ether oxygens (including phenoxy) is 1. The van der Waals surface area contributed by atoms with E-state index in [1.54, 1.807) is 6.20 Å². The summed E-state index contributed by atoms with van der Waals surface area (Å²) in [6, 6.07) is 14.3. The van der Waals surface area contributed by atoms with Crippen LogP contribution >= 0.6 is 0 Å². The Labute approximate surface area is 183 Å². The van der Waals surface area contributed by atoms with Crippen LogP contribution in [-0.2, 0) is 4.74 Å². The third-order valence-electron chi connectivity index (χ3n) is 5.77. The van der Waals surface area contributed by atoms with Crippen LogP contribution in [0.25, 0.3) is 27.8 Å². The van der Waals surface area contributed by atoms with Gasteiger partial charge >= 0.3 is 0 Å². The molecule has 1 fully saturated rings. The molecular weight excluding hydrogens is 404 g/mol. The molecule has 9 heteroatoms. The summed E-state index contributed by atoms with van der Waals surface area (Å²) in [6.45, 7) is 3.37. The van der Waals surface area contributed by atoms with Crippen LogP contribution in [0, 0.1) is 0 Å². The lowest BCUT2D eigenvalue weighted by Gasteiger charge is -2.28. The third kappa shape index (κ3) is 3.28. The predicted octanol–water partition coefficient (Wildman–Crippen LogP) is 3.44. The number of anilines is 4. The van der Waals surface area contributed by atoms with Gasteiger partial charge in [-0.15, -0.1) is 0 Å². The highest BCUT2D eigenvalue weighted by Crippen LogP contribution is 2.28. The van der Waals surface area contributed by atoms with Crippen molar-refractivity contribution in [3.05, 3.63) is 61.1 Å². The quantitative estimate of drug-likeness (QED) is 0.404. The predicted molar refractivity (Wildman–Crippen MR) is 125 cm³/mol. The van der Waals surface area contributed by atoms with Crippen LogP contribution in [0.4, 0.5) is 23.0 Å². The van der Waals surface area contributed by atoms with Gasteiger partial charge in [0.05, 0.1) is 24.4 Å². The highest BCUT2D eigenvalue weighted by atomic mass is 16.5. The molecule has 5 aromatic rings. The summed E-state index contributed by atoms with van der Waals surface area (Å²) in [5.41, 5.74) is 11.5. The Morgan fingerprint density at radius 3 is 2.75 bits per heavy atom. The van der Waals surface area contributed by atoms with Crippen LogP contribution in [-0.4, -0.2) is 50.9 Å². The zero-order chi connectivity index (χ0) is 21.5. The highest BCUT2D eigenvalue weighted by molar-refractivity contribution is 5.91. The number of rotatable bonds is 4. The fraction of sp³-hybridized carbons (Fsp3) is 0.174. The number of benzene rings is 2. The van der Waals surface area contributed by atoms with Crippen molar-refractivity contribution in [1.82, 2.24) is 24.6 Å². The van der Waals surface area contributed by atoms with Crippen LogP contribution in [0.15, 0.2) is 61.1 Å². The average Bonchev–Trinajstić information content (AvgIpc) is 3.47. The molecule has 0 aliphatic carbocycles. The number of hydrogen-bond acceptors (Lipinski definition) is 7. The molecule has 0 spiro atoms. The molecule has 1 aliphatic rings. The molecule has 4 N–H and O–H groups in total. The second-order valence-corrected chi connectivity index (χ2v) is 7.77. The molecule has 0 amide bonds. The van der Waals surface area contributed by atoms with Gasteiger partial charge in [-0.3, -0.25) is 5.10 Å². The van der Waals surface area contributed by atoms with Gasteiger partial charge in [0.15, 0.2) is 17.3 Å². The Morgan fingerprint density at radius 1 is 1.06 bits per heavy atom. The van der Waals surface area contributed by atoms with E-state index in [4.69, 9.17) is 15.5 Å². The number of fused-ring (bicyclic) bond motifs is 2. The zero-order valence-corrected chi connectivity index (χ0v) is 17.3. The minimum Gasteiger partial charge on any atom is -0.382 e. The van der Waals surface area contributed by atoms with Crippen LogP contribution < -0.4 is 16.0 Å². The minimum absolute atomic E-state index is 0.493. The summed E-state index contributed by atoms with van der Waals surface area (Å²) in [4.78, 5) is 11.7. The summed E-state index contributed by atoms with van der Waals surface area (Å²) in [5, 5.41) is 11.4. The Bertz CT molecular complexity index is 1400. The van der Waals surface area contributed by atoms with Crippen molar-refractivity contribution in [2.75, 3.05) is 42.3 Å². The van der Waals surface area contributed by atoms with Gasteiger partial charge in [-0.05, 0) is 36.4 Å². The maximum absolute atomic E-state index is 5.90. The Balaban J connectivity index is 1.34. The van der Waals surface area contributed by atoms with Crippen LogP contribution in [0.5, 0.6) is 0 Å². The number of nitrogens with zero attached hydrogens (tertiary/aromatic N) is 5. The molecule has 4 heterocycles. The monoisotopic (exact) mass is 426 g/mol. The highest BCUT2D eigenvalue weighted by Gasteiger charge is 2.13. The summed E-state index contributed by atoms with van der Waals surface area (Å²) >= 11 is 0. The molecule has 32 heavy (non-hydrogen) atoms. The largest absolute Gasteiger partial charge is 0.382 e. The van der Waals surface area contributed by atoms with E-state index in [0.717, 1.165) is 59.8 Å². The third-order valence-corrected chi connectivity index (χ3v) is 5.77. The Hall–Kier alpha value is -4.11. The first-order valence-electron chi connectivity index (χ1n) is 10.5. The van der Waals surface area contributed by atoms with Crippen molar-refractivity contribution < 1.29 is 4.74 Å². The van der Waals surface area contributed by atoms with Gasteiger partial charge in [-0.25, -0.2) is 9.97 Å². The fourth-order valence-corrected chi connectivity index (χ4v) is 4.07. The van der Waals surface area contributed by atoms with Crippen LogP contribution in [0.3, 0.4) is 0 Å². The van der Waals surface area contributed by atoms with Gasteiger partial charge in [0, 0.05) is 54.0 Å². The summed E-state index contributed by atoms with van der Waals surface area (Å²) in [5.74, 6) is 1.18. The first-order valence-corrected chi connectivity index (χ1v) is 10.5. The summed E-state index contributed by atoms with van der Waals surface area (Å²) < 4.78 is 7.42. The van der Waals surface area contributed by atoms with Gasteiger partial charge in [0.2, 0.25) is 0 Å². The fourth-order valence-electron chi connectivity index (χ4n) is 4.07. The number of nitrogen functional groups attached to an aromatic ring is 1. The normalized spacial score (nSPS) is 14.3. The van der Waals surface area contributed by atoms with Gasteiger partial charge in [-0.1, -0.05) is 6.07 Å². The number of nitrogens with one attached hydrogen (secondary N) is 2. The van der Waals surface area contributed by atoms with E-state index in [9.17, 15) is 0 Å². The van der Waals surface area contributed by atoms with Gasteiger partial charge in [0.1, 0.15) is 0 Å². The molecule has 9 nitrogen and oxygen atoms in total. The zero-order valence-electron chi connectivity index (χ0n) is 17.3. The Morgan fingerprint density at radius 2 is 1.91 bits per heavy atom. The van der Waals surface area contributed by atoms with Crippen molar-refractivity contribution >= 4 is 39.6 Å². The lowest BCUT2D eigenvalue weighted by Crippen LogP contribution is -2.36. The Kier molecular flexibility index (Phi) is 4.39. The van der Waals surface area contributed by atoms with E-state index in [1.165, 1.54) is 5.69 Å². The molecule has 0 unspecified atom stereocenters. The number of hydrogen-bond donors (Lipinski definition) is 3. The molecule has 0 atom stereocenters. The van der Waals surface area contributed by atoms with E-state index >= 15 is 0 Å². The van der Waals surface area contributed by atoms with E-state index in [0.29, 0.717) is 11.6 Å². The molecule has 6 rings (SSSR count). The van der Waals surface area contributed by atoms with Crippen molar-refractivity contribution in [3.63, 3.8) is 0 Å². The number of aromatic nitrogens is 5. The lowest BCUT2D eigenvalue weighted by molar-refractivity contribution is 0.122. The number of nitrogens with two attached hydrogens (primary N) is 1. The first-order chi connectivity index (χ1) is 15.7. The molecule has 160 valence electrons. The molecule has 0 bridgehead atoms. The minimum atomic E-state index is 0.493. The second kappa shape index (κ2) is 7.54. The van der Waals surface area contributed by atoms with Crippen molar-refractivity contribution in [3.8, 4) is 11.3 Å². The standard InChI is InChI=1S/C23H22N8O/c24-21-18-6-1-15(13-19(18)28-29-21)20-14-31-8-7-25-23(31)22(27-20)26-16-2-4-17(5-3-16)30-9-11-32-12-10-30/h1-8,13-14H,9-12H2,(H,26,27)(H3,24,28,29). The van der Waals surface area contributed by atoms with Crippen molar-refractivity contribution in [1.29, 1.82) is 0 Å². The molecule has 0 saturated carbocycles. The molecular formula is C23H22N8O. The number of aromatic amines is 1. The molecule has 3 aromatic heterocycles. The summed E-state index contributed by atoms with van der Waals surface area (Å²) in [7, 11) is 0. The molecule has 1 aliphatic heterocycles. The summed E-state index contributed by atoms with van der Waals surface area (Å²) in [6.07, 6.45) is 5.65. The van der Waals surface area contributed by atoms with Crippen LogP contribution in [0.2, 0.25) is 0 Å². The molecule has 0 radical (unpaired) electrons. The van der Waals surface area contributed by atoms with Crippen molar-refractivity contribution in [2.45, 2.75) is 0 Å². The maximum atomic E-state index is 5.90. The second-order valence-electron chi connectivity index (χ2n) is 7.77. The molecule has 2 aromatic carbocycles. The first kappa shape index (κ1) is 18.6. The van der Waals surface area contributed by atoms with E-state index in [-0.39, 0.29) is 0 Å². The molecule has 1 saturated heterocycles. The van der Waals surface area contributed by atoms with E-state index < -0.39 is 0 Å². The topological polar surface area (TPSA) is 109 Å². The smallest absolute Gasteiger partial charge is 0.180 e. The number of H-pyrrole nitrogens is 1. The maximum Gasteiger partial charge on any atom is 0.180 e. The SMILES string of the molecule is Nc1n[nH]c2cc(-c3cn4ccnc4c(Nc4ccc(N5CCOCC5)cc4)n3)ccc12. The lowest BCUT2D eigenvalue weighted by atomic mass is 10.1. The average molecular weight is 426 g/mol. The van der Waals surface area contributed by atoms with Gasteiger partial charge < -0.3 is 25.1 Å². The van der Waals surface area contributed by atoms with E-state index in [2.05, 4.69) is 49.7 Å². The number of imidazole rings is 1. The van der Waals surface area contributed by atoms with Crippen molar-refractivity contribution in [2.24, 2.45) is 0 Å².